The van der Waals surface area contributed by atoms with Crippen LogP contribution in [0.5, 0.6) is 5.75 Å². The van der Waals surface area contributed by atoms with Crippen LogP contribution in [0.3, 0.4) is 0 Å². The first-order valence-electron chi connectivity index (χ1n) is 9.63. The van der Waals surface area contributed by atoms with Crippen molar-refractivity contribution in [2.75, 3.05) is 6.61 Å². The molecule has 1 aliphatic carbocycles. The van der Waals surface area contributed by atoms with E-state index in [1.807, 2.05) is 19.1 Å². The van der Waals surface area contributed by atoms with Gasteiger partial charge in [0.2, 0.25) is 0 Å². The molecule has 0 heterocycles. The van der Waals surface area contributed by atoms with Gasteiger partial charge in [-0.3, -0.25) is 0 Å². The normalized spacial score (nSPS) is 19.8. The van der Waals surface area contributed by atoms with E-state index in [0.717, 1.165) is 17.2 Å². The van der Waals surface area contributed by atoms with E-state index in [9.17, 15) is 0 Å². The van der Waals surface area contributed by atoms with Gasteiger partial charge in [-0.2, -0.15) is 0 Å². The average Bonchev–Trinajstić information content (AvgIpc) is 2.68. The molecule has 0 saturated heterocycles. The zero-order valence-corrected chi connectivity index (χ0v) is 15.4. The average molecular weight is 332 g/mol. The lowest BCUT2D eigenvalue weighted by atomic mass is 9.81. The highest BCUT2D eigenvalue weighted by Gasteiger charge is 2.17. The van der Waals surface area contributed by atoms with E-state index in [1.165, 1.54) is 43.2 Å². The number of hydrogen-bond donors (Lipinski definition) is 0. The number of rotatable bonds is 4. The standard InChI is InChI=1S/C24H28O/c1-3-19-5-7-20(8-6-19)9-10-21-11-13-22(14-12-21)23-15-17-24(18-16-23)25-4-2/h11-20H,3-8H2,1-2H3/t19-,20-. The second-order valence-electron chi connectivity index (χ2n) is 6.93. The van der Waals surface area contributed by atoms with Crippen molar-refractivity contribution in [2.24, 2.45) is 11.8 Å². The largest absolute Gasteiger partial charge is 0.494 e. The summed E-state index contributed by atoms with van der Waals surface area (Å²) in [6.45, 7) is 5.01. The van der Waals surface area contributed by atoms with Crippen molar-refractivity contribution < 1.29 is 4.74 Å². The van der Waals surface area contributed by atoms with Crippen LogP contribution >= 0.6 is 0 Å². The van der Waals surface area contributed by atoms with E-state index in [0.29, 0.717) is 12.5 Å². The third-order valence-electron chi connectivity index (χ3n) is 5.23. The first-order valence-corrected chi connectivity index (χ1v) is 9.63. The van der Waals surface area contributed by atoms with Crippen LogP contribution in [0, 0.1) is 23.7 Å². The minimum atomic E-state index is 0.591. The highest BCUT2D eigenvalue weighted by Crippen LogP contribution is 2.30. The molecule has 2 aromatic carbocycles. The van der Waals surface area contributed by atoms with Crippen molar-refractivity contribution >= 4 is 0 Å². The number of hydrogen-bond acceptors (Lipinski definition) is 1. The van der Waals surface area contributed by atoms with Crippen LogP contribution in [0.4, 0.5) is 0 Å². The van der Waals surface area contributed by atoms with E-state index >= 15 is 0 Å². The molecular weight excluding hydrogens is 304 g/mol. The molecule has 0 spiro atoms. The van der Waals surface area contributed by atoms with Crippen LogP contribution in [-0.4, -0.2) is 6.61 Å². The van der Waals surface area contributed by atoms with Crippen molar-refractivity contribution in [3.8, 4) is 28.7 Å². The summed E-state index contributed by atoms with van der Waals surface area (Å²) in [5, 5.41) is 0. The summed E-state index contributed by atoms with van der Waals surface area (Å²) in [6, 6.07) is 16.9. The van der Waals surface area contributed by atoms with Crippen LogP contribution in [-0.2, 0) is 0 Å². The maximum Gasteiger partial charge on any atom is 0.119 e. The molecule has 0 aromatic heterocycles. The third-order valence-corrected chi connectivity index (χ3v) is 5.23. The van der Waals surface area contributed by atoms with Crippen LogP contribution < -0.4 is 4.74 Å². The summed E-state index contributed by atoms with van der Waals surface area (Å²) in [4.78, 5) is 0. The first kappa shape index (κ1) is 17.6. The number of benzene rings is 2. The second-order valence-corrected chi connectivity index (χ2v) is 6.93. The molecule has 0 unspecified atom stereocenters. The van der Waals surface area contributed by atoms with Gasteiger partial charge < -0.3 is 4.74 Å². The molecule has 1 nitrogen and oxygen atoms in total. The summed E-state index contributed by atoms with van der Waals surface area (Å²) in [5.41, 5.74) is 3.55. The van der Waals surface area contributed by atoms with E-state index < -0.39 is 0 Å². The fourth-order valence-electron chi connectivity index (χ4n) is 3.56. The lowest BCUT2D eigenvalue weighted by Crippen LogP contribution is -2.12. The molecule has 25 heavy (non-hydrogen) atoms. The van der Waals surface area contributed by atoms with Gasteiger partial charge >= 0.3 is 0 Å². The Bertz CT molecular complexity index is 707. The quantitative estimate of drug-likeness (QED) is 0.595. The highest BCUT2D eigenvalue weighted by atomic mass is 16.5. The molecular formula is C24H28O. The van der Waals surface area contributed by atoms with Gasteiger partial charge in [0.15, 0.2) is 0 Å². The van der Waals surface area contributed by atoms with Crippen LogP contribution in [0.1, 0.15) is 51.5 Å². The van der Waals surface area contributed by atoms with Crippen molar-refractivity contribution in [1.29, 1.82) is 0 Å². The van der Waals surface area contributed by atoms with Crippen molar-refractivity contribution in [3.63, 3.8) is 0 Å². The lowest BCUT2D eigenvalue weighted by molar-refractivity contribution is 0.309. The first-order chi connectivity index (χ1) is 12.3. The Labute approximate surface area is 152 Å². The van der Waals surface area contributed by atoms with E-state index in [1.54, 1.807) is 0 Å². The maximum atomic E-state index is 5.50. The topological polar surface area (TPSA) is 9.23 Å². The van der Waals surface area contributed by atoms with Gasteiger partial charge in [-0.1, -0.05) is 49.5 Å². The van der Waals surface area contributed by atoms with Gasteiger partial charge in [-0.05, 0) is 73.9 Å². The maximum absolute atomic E-state index is 5.50. The summed E-state index contributed by atoms with van der Waals surface area (Å²) in [7, 11) is 0. The van der Waals surface area contributed by atoms with Crippen LogP contribution in [0.2, 0.25) is 0 Å². The SMILES string of the molecule is CCOc1ccc(-c2ccc(C#C[C@H]3CC[C@H](CC)CC3)cc2)cc1. The predicted octanol–water partition coefficient (Wildman–Crippen LogP) is 6.32. The minimum absolute atomic E-state index is 0.591. The van der Waals surface area contributed by atoms with Crippen LogP contribution in [0.25, 0.3) is 11.1 Å². The van der Waals surface area contributed by atoms with Crippen LogP contribution in [0.15, 0.2) is 48.5 Å². The molecule has 1 saturated carbocycles. The van der Waals surface area contributed by atoms with Gasteiger partial charge in [0, 0.05) is 11.5 Å². The lowest BCUT2D eigenvalue weighted by Gasteiger charge is -2.24. The van der Waals surface area contributed by atoms with Gasteiger partial charge in [0.1, 0.15) is 5.75 Å². The fourth-order valence-corrected chi connectivity index (χ4v) is 3.56. The molecule has 1 heteroatoms. The van der Waals surface area contributed by atoms with E-state index in [-0.39, 0.29) is 0 Å². The zero-order chi connectivity index (χ0) is 17.5. The minimum Gasteiger partial charge on any atom is -0.494 e. The molecule has 130 valence electrons. The molecule has 0 aliphatic heterocycles. The third kappa shape index (κ3) is 4.89. The Morgan fingerprint density at radius 1 is 0.840 bits per heavy atom. The smallest absolute Gasteiger partial charge is 0.119 e. The van der Waals surface area contributed by atoms with Gasteiger partial charge in [-0.25, -0.2) is 0 Å². The molecule has 0 radical (unpaired) electrons. The second kappa shape index (κ2) is 8.77. The molecule has 2 aromatic rings. The van der Waals surface area contributed by atoms with Gasteiger partial charge in [0.25, 0.3) is 0 Å². The summed E-state index contributed by atoms with van der Waals surface area (Å²) >= 11 is 0. The van der Waals surface area contributed by atoms with Crippen molar-refractivity contribution in [2.45, 2.75) is 46.0 Å². The van der Waals surface area contributed by atoms with E-state index in [2.05, 4.69) is 55.2 Å². The van der Waals surface area contributed by atoms with Gasteiger partial charge in [-0.15, -0.1) is 0 Å². The van der Waals surface area contributed by atoms with Gasteiger partial charge in [0.05, 0.1) is 6.61 Å². The summed E-state index contributed by atoms with van der Waals surface area (Å²) < 4.78 is 5.50. The van der Waals surface area contributed by atoms with Crippen molar-refractivity contribution in [3.05, 3.63) is 54.1 Å². The van der Waals surface area contributed by atoms with E-state index in [4.69, 9.17) is 4.74 Å². The Kier molecular flexibility index (Phi) is 6.18. The Balaban J connectivity index is 1.62. The summed E-state index contributed by atoms with van der Waals surface area (Å²) in [5.74, 6) is 9.33. The monoisotopic (exact) mass is 332 g/mol. The molecule has 0 atom stereocenters. The predicted molar refractivity (Wildman–Crippen MR) is 106 cm³/mol. The molecule has 0 amide bonds. The molecule has 3 rings (SSSR count). The Morgan fingerprint density at radius 3 is 2.00 bits per heavy atom. The molecule has 1 fully saturated rings. The highest BCUT2D eigenvalue weighted by molar-refractivity contribution is 5.65. The Hall–Kier alpha value is -2.20. The molecule has 0 bridgehead atoms. The molecule has 0 N–H and O–H groups in total. The zero-order valence-electron chi connectivity index (χ0n) is 15.4. The fraction of sp³-hybridized carbons (Fsp3) is 0.417. The number of ether oxygens (including phenoxy) is 1. The Morgan fingerprint density at radius 2 is 1.44 bits per heavy atom. The summed E-state index contributed by atoms with van der Waals surface area (Å²) in [6.07, 6.45) is 6.58. The molecule has 1 aliphatic rings. The van der Waals surface area contributed by atoms with Crippen molar-refractivity contribution in [1.82, 2.24) is 0 Å².